The molecule has 1 aliphatic heterocycles. The zero-order chi connectivity index (χ0) is 16.3. The molecule has 1 aliphatic rings. The van der Waals surface area contributed by atoms with Gasteiger partial charge in [0.15, 0.2) is 0 Å². The van der Waals surface area contributed by atoms with Crippen LogP contribution in [0.5, 0.6) is 5.88 Å². The van der Waals surface area contributed by atoms with Gasteiger partial charge in [0, 0.05) is 38.8 Å². The number of carboxylic acid groups (broad SMARTS) is 1. The number of alkyl halides is 3. The molecule has 2 heterocycles. The van der Waals surface area contributed by atoms with Crippen molar-refractivity contribution in [3.63, 3.8) is 0 Å². The first-order chi connectivity index (χ1) is 10.3. The molecule has 1 aromatic heterocycles. The first-order valence-electron chi connectivity index (χ1n) is 6.72. The highest BCUT2D eigenvalue weighted by Gasteiger charge is 2.35. The largest absolute Gasteiger partial charge is 0.477 e. The Morgan fingerprint density at radius 3 is 2.91 bits per heavy atom. The SMILES string of the molecule is Cn1nc(OCC[C@@H]2CN(C(=O)O)CCN2)cc1C(F)(F)F. The zero-order valence-corrected chi connectivity index (χ0v) is 11.9. The van der Waals surface area contributed by atoms with Gasteiger partial charge in [-0.3, -0.25) is 4.68 Å². The summed E-state index contributed by atoms with van der Waals surface area (Å²) < 4.78 is 43.8. The van der Waals surface area contributed by atoms with E-state index in [1.165, 1.54) is 11.9 Å². The lowest BCUT2D eigenvalue weighted by atomic mass is 10.1. The Balaban J connectivity index is 1.83. The van der Waals surface area contributed by atoms with Crippen molar-refractivity contribution in [1.29, 1.82) is 0 Å². The van der Waals surface area contributed by atoms with Crippen LogP contribution in [0.15, 0.2) is 6.07 Å². The van der Waals surface area contributed by atoms with Gasteiger partial charge in [-0.05, 0) is 6.42 Å². The molecule has 1 aromatic rings. The number of piperazine rings is 1. The lowest BCUT2D eigenvalue weighted by molar-refractivity contribution is -0.143. The molecule has 22 heavy (non-hydrogen) atoms. The first-order valence-corrected chi connectivity index (χ1v) is 6.72. The molecule has 10 heteroatoms. The van der Waals surface area contributed by atoms with E-state index in [1.807, 2.05) is 0 Å². The fourth-order valence-corrected chi connectivity index (χ4v) is 2.28. The van der Waals surface area contributed by atoms with Gasteiger partial charge >= 0.3 is 12.3 Å². The second kappa shape index (κ2) is 6.42. The van der Waals surface area contributed by atoms with Crippen molar-refractivity contribution >= 4 is 6.09 Å². The maximum Gasteiger partial charge on any atom is 0.433 e. The summed E-state index contributed by atoms with van der Waals surface area (Å²) in [5.74, 6) is -0.0966. The van der Waals surface area contributed by atoms with Crippen LogP contribution in [0.3, 0.4) is 0 Å². The van der Waals surface area contributed by atoms with Gasteiger partial charge in [0.25, 0.3) is 0 Å². The van der Waals surface area contributed by atoms with E-state index in [9.17, 15) is 18.0 Å². The van der Waals surface area contributed by atoms with Crippen LogP contribution in [0, 0.1) is 0 Å². The normalized spacial score (nSPS) is 19.3. The highest BCUT2D eigenvalue weighted by Crippen LogP contribution is 2.30. The van der Waals surface area contributed by atoms with Crippen LogP contribution in [-0.2, 0) is 13.2 Å². The van der Waals surface area contributed by atoms with Crippen molar-refractivity contribution in [2.45, 2.75) is 18.6 Å². The molecule has 0 bridgehead atoms. The average Bonchev–Trinajstić information content (AvgIpc) is 2.80. The molecule has 0 aromatic carbocycles. The maximum absolute atomic E-state index is 12.6. The predicted octanol–water partition coefficient (Wildman–Crippen LogP) is 1.16. The van der Waals surface area contributed by atoms with Crippen molar-refractivity contribution < 1.29 is 27.8 Å². The summed E-state index contributed by atoms with van der Waals surface area (Å²) in [5, 5.41) is 15.7. The molecule has 0 unspecified atom stereocenters. The summed E-state index contributed by atoms with van der Waals surface area (Å²) in [6, 6.07) is 0.758. The smallest absolute Gasteiger partial charge is 0.433 e. The van der Waals surface area contributed by atoms with Crippen LogP contribution < -0.4 is 10.1 Å². The minimum atomic E-state index is -4.48. The van der Waals surface area contributed by atoms with E-state index in [2.05, 4.69) is 10.4 Å². The summed E-state index contributed by atoms with van der Waals surface area (Å²) >= 11 is 0. The standard InChI is InChI=1S/C12H17F3N4O3/c1-18-9(12(13,14)15)6-10(17-18)22-5-2-8-7-19(11(20)21)4-3-16-8/h6,8,16H,2-5,7H2,1H3,(H,20,21)/t8-/m1/s1. The molecule has 1 amide bonds. The second-order valence-electron chi connectivity index (χ2n) is 5.01. The van der Waals surface area contributed by atoms with Gasteiger partial charge in [0.1, 0.15) is 5.69 Å². The van der Waals surface area contributed by atoms with E-state index < -0.39 is 18.0 Å². The third kappa shape index (κ3) is 4.03. The van der Waals surface area contributed by atoms with E-state index in [1.54, 1.807) is 0 Å². The number of halogens is 3. The molecule has 2 rings (SSSR count). The molecule has 1 atom stereocenters. The molecular weight excluding hydrogens is 305 g/mol. The highest BCUT2D eigenvalue weighted by atomic mass is 19.4. The van der Waals surface area contributed by atoms with Gasteiger partial charge < -0.3 is 20.1 Å². The third-order valence-corrected chi connectivity index (χ3v) is 3.39. The lowest BCUT2D eigenvalue weighted by Gasteiger charge is -2.31. The van der Waals surface area contributed by atoms with E-state index >= 15 is 0 Å². The average molecular weight is 322 g/mol. The summed E-state index contributed by atoms with van der Waals surface area (Å²) in [6.07, 6.45) is -4.98. The van der Waals surface area contributed by atoms with E-state index in [0.717, 1.165) is 10.7 Å². The molecule has 2 N–H and O–H groups in total. The fourth-order valence-electron chi connectivity index (χ4n) is 2.28. The van der Waals surface area contributed by atoms with Gasteiger partial charge in [0.05, 0.1) is 6.61 Å². The van der Waals surface area contributed by atoms with Gasteiger partial charge in [-0.2, -0.15) is 13.2 Å². The Morgan fingerprint density at radius 1 is 1.59 bits per heavy atom. The molecule has 0 spiro atoms. The number of hydrogen-bond donors (Lipinski definition) is 2. The monoisotopic (exact) mass is 322 g/mol. The van der Waals surface area contributed by atoms with Crippen molar-refractivity contribution in [2.75, 3.05) is 26.2 Å². The minimum absolute atomic E-state index is 0.0874. The Morgan fingerprint density at radius 2 is 2.32 bits per heavy atom. The van der Waals surface area contributed by atoms with Crippen LogP contribution in [0.1, 0.15) is 12.1 Å². The van der Waals surface area contributed by atoms with Gasteiger partial charge in [-0.25, -0.2) is 4.79 Å². The van der Waals surface area contributed by atoms with E-state index in [-0.39, 0.29) is 18.5 Å². The molecule has 7 nitrogen and oxygen atoms in total. The fraction of sp³-hybridized carbons (Fsp3) is 0.667. The second-order valence-corrected chi connectivity index (χ2v) is 5.01. The topological polar surface area (TPSA) is 79.6 Å². The van der Waals surface area contributed by atoms with Crippen molar-refractivity contribution in [1.82, 2.24) is 20.0 Å². The number of nitrogens with one attached hydrogen (secondary N) is 1. The van der Waals surface area contributed by atoms with E-state index in [4.69, 9.17) is 9.84 Å². The maximum atomic E-state index is 12.6. The van der Waals surface area contributed by atoms with Crippen molar-refractivity contribution in [3.8, 4) is 5.88 Å². The third-order valence-electron chi connectivity index (χ3n) is 3.39. The van der Waals surface area contributed by atoms with Crippen LogP contribution in [-0.4, -0.2) is 58.2 Å². The summed E-state index contributed by atoms with van der Waals surface area (Å²) in [6.45, 7) is 1.44. The Hall–Kier alpha value is -1.97. The van der Waals surface area contributed by atoms with Crippen LogP contribution >= 0.6 is 0 Å². The quantitative estimate of drug-likeness (QED) is 0.869. The number of hydrogen-bond acceptors (Lipinski definition) is 4. The van der Waals surface area contributed by atoms with E-state index in [0.29, 0.717) is 26.1 Å². The number of amides is 1. The van der Waals surface area contributed by atoms with Crippen LogP contribution in [0.4, 0.5) is 18.0 Å². The molecule has 0 radical (unpaired) electrons. The van der Waals surface area contributed by atoms with Gasteiger partial charge in [-0.1, -0.05) is 0 Å². The number of aryl methyl sites for hydroxylation is 1. The van der Waals surface area contributed by atoms with Gasteiger partial charge in [0.2, 0.25) is 5.88 Å². The Bertz CT molecular complexity index is 532. The highest BCUT2D eigenvalue weighted by molar-refractivity contribution is 5.65. The van der Waals surface area contributed by atoms with Crippen molar-refractivity contribution in [3.05, 3.63) is 11.8 Å². The van der Waals surface area contributed by atoms with Crippen LogP contribution in [0.2, 0.25) is 0 Å². The minimum Gasteiger partial charge on any atom is -0.477 e. The Kier molecular flexibility index (Phi) is 4.79. The summed E-state index contributed by atoms with van der Waals surface area (Å²) in [4.78, 5) is 12.2. The van der Waals surface area contributed by atoms with Gasteiger partial charge in [-0.15, -0.1) is 5.10 Å². The molecule has 0 aliphatic carbocycles. The number of ether oxygens (including phenoxy) is 1. The Labute approximate surface area is 124 Å². The number of carbonyl (C=O) groups is 1. The molecule has 0 saturated carbocycles. The first kappa shape index (κ1) is 16.4. The number of rotatable bonds is 4. The number of aromatic nitrogens is 2. The van der Waals surface area contributed by atoms with Crippen LogP contribution in [0.25, 0.3) is 0 Å². The lowest BCUT2D eigenvalue weighted by Crippen LogP contribution is -2.52. The predicted molar refractivity (Wildman–Crippen MR) is 69.7 cm³/mol. The number of nitrogens with zero attached hydrogens (tertiary/aromatic N) is 3. The van der Waals surface area contributed by atoms with Crippen molar-refractivity contribution in [2.24, 2.45) is 7.05 Å². The molecule has 124 valence electrons. The molecule has 1 fully saturated rings. The molecule has 1 saturated heterocycles. The molecular formula is C12H17F3N4O3. The summed E-state index contributed by atoms with van der Waals surface area (Å²) in [7, 11) is 1.20. The zero-order valence-electron chi connectivity index (χ0n) is 11.9. The summed E-state index contributed by atoms with van der Waals surface area (Å²) in [5.41, 5.74) is -0.879.